The van der Waals surface area contributed by atoms with E-state index in [-0.39, 0.29) is 30.6 Å². The van der Waals surface area contributed by atoms with Gasteiger partial charge in [-0.1, -0.05) is 6.92 Å². The van der Waals surface area contributed by atoms with Gasteiger partial charge in [-0.25, -0.2) is 9.18 Å². The first-order valence-corrected chi connectivity index (χ1v) is 4.98. The normalized spacial score (nSPS) is 19.4. The minimum absolute atomic E-state index is 0.0403. The van der Waals surface area contributed by atoms with Crippen LogP contribution in [0.2, 0.25) is 0 Å². The second kappa shape index (κ2) is 3.66. The third-order valence-electron chi connectivity index (χ3n) is 2.89. The van der Waals surface area contributed by atoms with Crippen LogP contribution in [0.1, 0.15) is 24.0 Å². The molecular weight excluding hydrogens is 213 g/mol. The number of rotatable bonds is 0. The summed E-state index contributed by atoms with van der Waals surface area (Å²) in [6.45, 7) is 2.04. The van der Waals surface area contributed by atoms with E-state index in [4.69, 9.17) is 5.11 Å². The van der Waals surface area contributed by atoms with Gasteiger partial charge >= 0.3 is 6.09 Å². The first-order valence-electron chi connectivity index (χ1n) is 4.98. The van der Waals surface area contributed by atoms with Crippen molar-refractivity contribution in [2.45, 2.75) is 19.4 Å². The quantitative estimate of drug-likeness (QED) is 0.711. The van der Waals surface area contributed by atoms with Gasteiger partial charge in [-0.15, -0.1) is 0 Å². The van der Waals surface area contributed by atoms with E-state index in [9.17, 15) is 14.3 Å². The first-order chi connectivity index (χ1) is 7.50. The zero-order valence-electron chi connectivity index (χ0n) is 8.77. The Morgan fingerprint density at radius 3 is 2.88 bits per heavy atom. The molecule has 2 N–H and O–H groups in total. The Hall–Kier alpha value is -1.78. The largest absolute Gasteiger partial charge is 0.508 e. The van der Waals surface area contributed by atoms with Crippen LogP contribution in [0.4, 0.5) is 9.18 Å². The van der Waals surface area contributed by atoms with Crippen molar-refractivity contribution in [2.75, 3.05) is 6.54 Å². The summed E-state index contributed by atoms with van der Waals surface area (Å²) in [6.07, 6.45) is -1.05. The van der Waals surface area contributed by atoms with Crippen molar-refractivity contribution in [3.8, 4) is 5.75 Å². The van der Waals surface area contributed by atoms with Gasteiger partial charge in [-0.05, 0) is 12.1 Å². The minimum atomic E-state index is -1.05. The molecular formula is C11H12FNO3. The van der Waals surface area contributed by atoms with Gasteiger partial charge in [0.05, 0.1) is 6.54 Å². The Morgan fingerprint density at radius 1 is 1.56 bits per heavy atom. The van der Waals surface area contributed by atoms with Crippen molar-refractivity contribution in [1.82, 2.24) is 4.90 Å². The molecule has 0 saturated carbocycles. The number of benzene rings is 1. The summed E-state index contributed by atoms with van der Waals surface area (Å²) in [6, 6.07) is 2.47. The van der Waals surface area contributed by atoms with Crippen LogP contribution in [0, 0.1) is 5.82 Å². The van der Waals surface area contributed by atoms with E-state index >= 15 is 0 Å². The molecule has 0 fully saturated rings. The number of aromatic hydroxyl groups is 1. The molecule has 0 bridgehead atoms. The van der Waals surface area contributed by atoms with Crippen LogP contribution in [0.25, 0.3) is 0 Å². The zero-order valence-corrected chi connectivity index (χ0v) is 8.77. The average molecular weight is 225 g/mol. The Morgan fingerprint density at radius 2 is 2.25 bits per heavy atom. The van der Waals surface area contributed by atoms with Gasteiger partial charge in [-0.2, -0.15) is 0 Å². The van der Waals surface area contributed by atoms with Crippen molar-refractivity contribution in [3.63, 3.8) is 0 Å². The number of phenols is 1. The number of carbonyl (C=O) groups is 1. The SMILES string of the molecule is CC1CN(C(=O)O)Cc2c(O)ccc(F)c21. The third kappa shape index (κ3) is 1.58. The maximum absolute atomic E-state index is 13.6. The van der Waals surface area contributed by atoms with E-state index in [1.165, 1.54) is 17.0 Å². The van der Waals surface area contributed by atoms with Gasteiger partial charge in [0, 0.05) is 23.6 Å². The fourth-order valence-corrected chi connectivity index (χ4v) is 2.15. The van der Waals surface area contributed by atoms with Gasteiger partial charge in [0.1, 0.15) is 11.6 Å². The molecule has 5 heteroatoms. The smallest absolute Gasteiger partial charge is 0.407 e. The van der Waals surface area contributed by atoms with E-state index in [2.05, 4.69) is 0 Å². The highest BCUT2D eigenvalue weighted by Crippen LogP contribution is 2.35. The molecule has 1 amide bonds. The summed E-state index contributed by atoms with van der Waals surface area (Å²) in [7, 11) is 0. The van der Waals surface area contributed by atoms with Gasteiger partial charge < -0.3 is 15.1 Å². The van der Waals surface area contributed by atoms with Crippen LogP contribution in [-0.4, -0.2) is 27.8 Å². The van der Waals surface area contributed by atoms with E-state index < -0.39 is 6.09 Å². The molecule has 1 aliphatic rings. The molecule has 0 radical (unpaired) electrons. The highest BCUT2D eigenvalue weighted by atomic mass is 19.1. The summed E-state index contributed by atoms with van der Waals surface area (Å²) < 4.78 is 13.6. The summed E-state index contributed by atoms with van der Waals surface area (Å²) in [5.41, 5.74) is 0.804. The Kier molecular flexibility index (Phi) is 2.46. The molecule has 86 valence electrons. The lowest BCUT2D eigenvalue weighted by molar-refractivity contribution is 0.134. The molecule has 2 rings (SSSR count). The topological polar surface area (TPSA) is 60.8 Å². The Bertz CT molecular complexity index is 447. The van der Waals surface area contributed by atoms with Crippen LogP contribution < -0.4 is 0 Å². The lowest BCUT2D eigenvalue weighted by Crippen LogP contribution is -2.37. The number of hydrogen-bond donors (Lipinski definition) is 2. The van der Waals surface area contributed by atoms with Crippen LogP contribution >= 0.6 is 0 Å². The molecule has 0 saturated heterocycles. The van der Waals surface area contributed by atoms with E-state index in [0.29, 0.717) is 11.1 Å². The van der Waals surface area contributed by atoms with Gasteiger partial charge in [0.2, 0.25) is 0 Å². The van der Waals surface area contributed by atoms with Crippen molar-refractivity contribution >= 4 is 6.09 Å². The number of carboxylic acid groups (broad SMARTS) is 1. The molecule has 1 aromatic rings. The lowest BCUT2D eigenvalue weighted by Gasteiger charge is -2.31. The molecule has 1 aliphatic heterocycles. The van der Waals surface area contributed by atoms with Crippen molar-refractivity contribution in [3.05, 3.63) is 29.1 Å². The van der Waals surface area contributed by atoms with Crippen molar-refractivity contribution in [1.29, 1.82) is 0 Å². The highest BCUT2D eigenvalue weighted by molar-refractivity contribution is 5.66. The van der Waals surface area contributed by atoms with Crippen molar-refractivity contribution in [2.24, 2.45) is 0 Å². The molecule has 1 unspecified atom stereocenters. The molecule has 0 spiro atoms. The fraction of sp³-hybridized carbons (Fsp3) is 0.364. The molecule has 1 aromatic carbocycles. The maximum atomic E-state index is 13.6. The molecule has 1 atom stereocenters. The molecule has 4 nitrogen and oxygen atoms in total. The Labute approximate surface area is 91.9 Å². The summed E-state index contributed by atoms with van der Waals surface area (Å²) >= 11 is 0. The maximum Gasteiger partial charge on any atom is 0.407 e. The van der Waals surface area contributed by atoms with E-state index in [1.54, 1.807) is 6.92 Å². The number of halogens is 1. The third-order valence-corrected chi connectivity index (χ3v) is 2.89. The van der Waals surface area contributed by atoms with E-state index in [1.807, 2.05) is 0 Å². The molecule has 16 heavy (non-hydrogen) atoms. The predicted octanol–water partition coefficient (Wildman–Crippen LogP) is 2.13. The van der Waals surface area contributed by atoms with Gasteiger partial charge in [0.25, 0.3) is 0 Å². The molecule has 0 aromatic heterocycles. The van der Waals surface area contributed by atoms with Crippen molar-refractivity contribution < 1.29 is 19.4 Å². The fourth-order valence-electron chi connectivity index (χ4n) is 2.15. The number of nitrogens with zero attached hydrogens (tertiary/aromatic N) is 1. The molecule has 1 heterocycles. The second-order valence-corrected chi connectivity index (χ2v) is 4.02. The summed E-state index contributed by atoms with van der Waals surface area (Å²) in [4.78, 5) is 12.0. The zero-order chi connectivity index (χ0) is 11.9. The van der Waals surface area contributed by atoms with Crippen LogP contribution in [0.3, 0.4) is 0 Å². The average Bonchev–Trinajstić information content (AvgIpc) is 2.22. The predicted molar refractivity (Wildman–Crippen MR) is 54.9 cm³/mol. The summed E-state index contributed by atoms with van der Waals surface area (Å²) in [5, 5.41) is 18.5. The lowest BCUT2D eigenvalue weighted by atomic mass is 9.90. The van der Waals surface area contributed by atoms with Gasteiger partial charge in [0.15, 0.2) is 0 Å². The van der Waals surface area contributed by atoms with Gasteiger partial charge in [-0.3, -0.25) is 0 Å². The summed E-state index contributed by atoms with van der Waals surface area (Å²) in [5.74, 6) is -0.675. The van der Waals surface area contributed by atoms with Crippen LogP contribution in [-0.2, 0) is 6.54 Å². The monoisotopic (exact) mass is 225 g/mol. The number of hydrogen-bond acceptors (Lipinski definition) is 2. The number of phenolic OH excluding ortho intramolecular Hbond substituents is 1. The minimum Gasteiger partial charge on any atom is -0.508 e. The Balaban J connectivity index is 2.49. The van der Waals surface area contributed by atoms with Crippen LogP contribution in [0.15, 0.2) is 12.1 Å². The molecule has 0 aliphatic carbocycles. The number of fused-ring (bicyclic) bond motifs is 1. The first kappa shape index (κ1) is 10.7. The standard InChI is InChI=1S/C11H12FNO3/c1-6-4-13(11(15)16)5-7-9(14)3-2-8(12)10(6)7/h2-3,6,14H,4-5H2,1H3,(H,15,16). The number of amides is 1. The highest BCUT2D eigenvalue weighted by Gasteiger charge is 2.29. The second-order valence-electron chi connectivity index (χ2n) is 4.02. The van der Waals surface area contributed by atoms with Crippen LogP contribution in [0.5, 0.6) is 5.75 Å². The van der Waals surface area contributed by atoms with E-state index in [0.717, 1.165) is 0 Å².